The molecule has 0 aliphatic heterocycles. The van der Waals surface area contributed by atoms with Gasteiger partial charge in [-0.05, 0) is 0 Å². The van der Waals surface area contributed by atoms with Crippen molar-refractivity contribution in [1.29, 1.82) is 0 Å². The molecule has 0 saturated heterocycles. The Morgan fingerprint density at radius 1 is 1.47 bits per heavy atom. The highest BCUT2D eigenvalue weighted by Gasteiger charge is 2.33. The van der Waals surface area contributed by atoms with E-state index in [4.69, 9.17) is 0 Å². The molecular formula is C6H5F2N3O5S. The SMILES string of the molecule is NS(=O)(=O)c1c(C(F)F)c([N+](=O)[O-])c[nH]c1=O. The van der Waals surface area contributed by atoms with Crippen LogP contribution in [0.1, 0.15) is 12.0 Å². The Morgan fingerprint density at radius 2 is 2.00 bits per heavy atom. The lowest BCUT2D eigenvalue weighted by Crippen LogP contribution is -2.26. The van der Waals surface area contributed by atoms with Crippen LogP contribution in [0.5, 0.6) is 0 Å². The molecule has 0 unspecified atom stereocenters. The first-order valence-corrected chi connectivity index (χ1v) is 5.41. The zero-order valence-electron chi connectivity index (χ0n) is 7.88. The van der Waals surface area contributed by atoms with Crippen LogP contribution >= 0.6 is 0 Å². The van der Waals surface area contributed by atoms with Gasteiger partial charge < -0.3 is 4.98 Å². The smallest absolute Gasteiger partial charge is 0.295 e. The number of nitrogens with one attached hydrogen (secondary N) is 1. The molecule has 0 saturated carbocycles. The van der Waals surface area contributed by atoms with Crippen molar-refractivity contribution in [3.05, 3.63) is 32.2 Å². The summed E-state index contributed by atoms with van der Waals surface area (Å²) < 4.78 is 47.1. The van der Waals surface area contributed by atoms with E-state index in [1.54, 1.807) is 4.98 Å². The standard InChI is InChI=1S/C6H5F2N3O5S/c7-5(8)3-2(11(13)14)1-10-6(12)4(3)17(9,15)16/h1,5H,(H,10,12)(H2,9,15,16). The van der Waals surface area contributed by atoms with Crippen molar-refractivity contribution in [2.24, 2.45) is 5.14 Å². The Hall–Kier alpha value is -1.88. The molecule has 0 aliphatic carbocycles. The third kappa shape index (κ3) is 2.45. The number of nitrogens with two attached hydrogens (primary N) is 1. The van der Waals surface area contributed by atoms with E-state index in [-0.39, 0.29) is 0 Å². The Balaban J connectivity index is 3.87. The summed E-state index contributed by atoms with van der Waals surface area (Å²) in [4.78, 5) is 20.4. The molecule has 0 fully saturated rings. The van der Waals surface area contributed by atoms with Gasteiger partial charge in [0.25, 0.3) is 17.7 Å². The summed E-state index contributed by atoms with van der Waals surface area (Å²) in [5.41, 5.74) is -4.17. The molecule has 0 bridgehead atoms. The molecule has 3 N–H and O–H groups in total. The number of hydrogen-bond donors (Lipinski definition) is 2. The van der Waals surface area contributed by atoms with Gasteiger partial charge >= 0.3 is 0 Å². The number of hydrogen-bond acceptors (Lipinski definition) is 5. The van der Waals surface area contributed by atoms with E-state index in [1.807, 2.05) is 0 Å². The van der Waals surface area contributed by atoms with Gasteiger partial charge in [0.1, 0.15) is 5.56 Å². The van der Waals surface area contributed by atoms with Gasteiger partial charge in [-0.15, -0.1) is 0 Å². The molecule has 8 nitrogen and oxygen atoms in total. The number of aromatic amines is 1. The van der Waals surface area contributed by atoms with Crippen LogP contribution in [-0.4, -0.2) is 18.3 Å². The minimum atomic E-state index is -4.79. The fourth-order valence-electron chi connectivity index (χ4n) is 1.16. The van der Waals surface area contributed by atoms with Gasteiger partial charge in [0, 0.05) is 0 Å². The number of primary sulfonamides is 1. The Morgan fingerprint density at radius 3 is 2.35 bits per heavy atom. The second-order valence-corrected chi connectivity index (χ2v) is 4.35. The van der Waals surface area contributed by atoms with E-state index in [0.29, 0.717) is 6.20 Å². The number of sulfonamides is 1. The number of alkyl halides is 2. The zero-order chi connectivity index (χ0) is 13.4. The molecule has 1 rings (SSSR count). The molecule has 0 aromatic carbocycles. The minimum absolute atomic E-state index is 0.387. The monoisotopic (exact) mass is 269 g/mol. The van der Waals surface area contributed by atoms with Crippen molar-refractivity contribution in [2.75, 3.05) is 0 Å². The Kier molecular flexibility index (Phi) is 3.24. The van der Waals surface area contributed by atoms with Gasteiger partial charge in [0.15, 0.2) is 4.90 Å². The van der Waals surface area contributed by atoms with Gasteiger partial charge in [0.2, 0.25) is 10.0 Å². The third-order valence-corrected chi connectivity index (χ3v) is 2.74. The van der Waals surface area contributed by atoms with E-state index in [1.165, 1.54) is 0 Å². The van der Waals surface area contributed by atoms with Crippen molar-refractivity contribution < 1.29 is 22.1 Å². The molecule has 0 amide bonds. The van der Waals surface area contributed by atoms with Crippen LogP contribution in [0.2, 0.25) is 0 Å². The maximum atomic E-state index is 12.6. The number of nitro groups is 1. The predicted molar refractivity (Wildman–Crippen MR) is 50.0 cm³/mol. The number of nitrogens with zero attached hydrogens (tertiary/aromatic N) is 1. The number of rotatable bonds is 3. The minimum Gasteiger partial charge on any atom is -0.322 e. The van der Waals surface area contributed by atoms with Gasteiger partial charge in [-0.3, -0.25) is 14.9 Å². The maximum absolute atomic E-state index is 12.6. The number of H-pyrrole nitrogens is 1. The van der Waals surface area contributed by atoms with E-state index in [0.717, 1.165) is 0 Å². The van der Waals surface area contributed by atoms with Crippen LogP contribution in [0.25, 0.3) is 0 Å². The van der Waals surface area contributed by atoms with Gasteiger partial charge in [-0.25, -0.2) is 22.3 Å². The zero-order valence-corrected chi connectivity index (χ0v) is 8.70. The molecule has 17 heavy (non-hydrogen) atoms. The van der Waals surface area contributed by atoms with Crippen molar-refractivity contribution in [3.8, 4) is 0 Å². The fourth-order valence-corrected chi connectivity index (χ4v) is 1.98. The molecule has 1 aromatic rings. The summed E-state index contributed by atoms with van der Waals surface area (Å²) in [6.07, 6.45) is -3.13. The average Bonchev–Trinajstić information content (AvgIpc) is 2.14. The number of aromatic nitrogens is 1. The average molecular weight is 269 g/mol. The molecule has 1 heterocycles. The topological polar surface area (TPSA) is 136 Å². The van der Waals surface area contributed by atoms with Crippen molar-refractivity contribution in [2.45, 2.75) is 11.3 Å². The molecule has 94 valence electrons. The normalized spacial score (nSPS) is 11.8. The van der Waals surface area contributed by atoms with Crippen LogP contribution in [0.15, 0.2) is 15.9 Å². The number of pyridine rings is 1. The first-order chi connectivity index (χ1) is 7.66. The predicted octanol–water partition coefficient (Wildman–Crippen LogP) is -0.132. The van der Waals surface area contributed by atoms with Crippen LogP contribution in [0, 0.1) is 10.1 Å². The molecule has 0 spiro atoms. The molecule has 0 radical (unpaired) electrons. The van der Waals surface area contributed by atoms with Crippen molar-refractivity contribution >= 4 is 15.7 Å². The summed E-state index contributed by atoms with van der Waals surface area (Å²) in [5.74, 6) is 0. The van der Waals surface area contributed by atoms with Crippen LogP contribution in [0.4, 0.5) is 14.5 Å². The van der Waals surface area contributed by atoms with Crippen molar-refractivity contribution in [3.63, 3.8) is 0 Å². The Labute approximate surface area is 92.3 Å². The molecule has 0 atom stereocenters. The Bertz CT molecular complexity index is 623. The summed E-state index contributed by atoms with van der Waals surface area (Å²) in [7, 11) is -4.79. The fraction of sp³-hybridized carbons (Fsp3) is 0.167. The van der Waals surface area contributed by atoms with E-state index < -0.39 is 43.1 Å². The second-order valence-electron chi connectivity index (χ2n) is 2.85. The summed E-state index contributed by atoms with van der Waals surface area (Å²) in [6.45, 7) is 0. The van der Waals surface area contributed by atoms with Gasteiger partial charge in [-0.1, -0.05) is 0 Å². The highest BCUT2D eigenvalue weighted by molar-refractivity contribution is 7.89. The van der Waals surface area contributed by atoms with Crippen LogP contribution < -0.4 is 10.7 Å². The number of halogens is 2. The largest absolute Gasteiger partial charge is 0.322 e. The third-order valence-electron chi connectivity index (χ3n) is 1.77. The van der Waals surface area contributed by atoms with E-state index in [9.17, 15) is 32.1 Å². The van der Waals surface area contributed by atoms with E-state index in [2.05, 4.69) is 5.14 Å². The molecular weight excluding hydrogens is 264 g/mol. The molecule has 1 aromatic heterocycles. The van der Waals surface area contributed by atoms with Gasteiger partial charge in [0.05, 0.1) is 11.1 Å². The van der Waals surface area contributed by atoms with Crippen molar-refractivity contribution in [1.82, 2.24) is 4.98 Å². The maximum Gasteiger partial charge on any atom is 0.295 e. The summed E-state index contributed by atoms with van der Waals surface area (Å²) in [5, 5.41) is 15.0. The first-order valence-electron chi connectivity index (χ1n) is 3.87. The molecule has 11 heteroatoms. The van der Waals surface area contributed by atoms with Crippen LogP contribution in [0.3, 0.4) is 0 Å². The second kappa shape index (κ2) is 4.18. The highest BCUT2D eigenvalue weighted by Crippen LogP contribution is 2.31. The summed E-state index contributed by atoms with van der Waals surface area (Å²) >= 11 is 0. The first kappa shape index (κ1) is 13.2. The lowest BCUT2D eigenvalue weighted by atomic mass is 10.2. The quantitative estimate of drug-likeness (QED) is 0.581. The lowest BCUT2D eigenvalue weighted by Gasteiger charge is -2.05. The highest BCUT2D eigenvalue weighted by atomic mass is 32.2. The van der Waals surface area contributed by atoms with E-state index >= 15 is 0 Å². The van der Waals surface area contributed by atoms with Gasteiger partial charge in [-0.2, -0.15) is 0 Å². The lowest BCUT2D eigenvalue weighted by molar-refractivity contribution is -0.386. The van der Waals surface area contributed by atoms with Crippen LogP contribution in [-0.2, 0) is 10.0 Å². The summed E-state index contributed by atoms with van der Waals surface area (Å²) in [6, 6.07) is 0. The molecule has 0 aliphatic rings.